The van der Waals surface area contributed by atoms with Crippen molar-refractivity contribution in [3.63, 3.8) is 0 Å². The molecule has 2 saturated heterocycles. The average Bonchev–Trinajstić information content (AvgIpc) is 3.49. The van der Waals surface area contributed by atoms with Crippen molar-refractivity contribution in [2.45, 2.75) is 51.4 Å². The van der Waals surface area contributed by atoms with Crippen molar-refractivity contribution in [2.24, 2.45) is 5.92 Å². The number of likely N-dealkylation sites (tertiary alicyclic amines) is 2. The highest BCUT2D eigenvalue weighted by Gasteiger charge is 2.27. The van der Waals surface area contributed by atoms with Gasteiger partial charge in [-0.25, -0.2) is 0 Å². The van der Waals surface area contributed by atoms with E-state index in [1.54, 1.807) is 4.68 Å². The standard InChI is InChI=1S/C25H34N6O3/c1-2-21-20-5-3-4-6-22(20)31(27-21)25-26-24(34-28-25)19-10-15-29(16-11-19)12-7-18-8-13-30(14-9-18)17-23(32)33/h3-6,18-19H,2,7-17H2,1H3,(H,32,33). The number of aliphatic carboxylic acids is 1. The summed E-state index contributed by atoms with van der Waals surface area (Å²) in [4.78, 5) is 20.2. The summed E-state index contributed by atoms with van der Waals surface area (Å²) in [6, 6.07) is 8.18. The van der Waals surface area contributed by atoms with Crippen molar-refractivity contribution in [1.82, 2.24) is 29.7 Å². The number of aromatic nitrogens is 4. The molecular weight excluding hydrogens is 432 g/mol. The molecule has 5 rings (SSSR count). The van der Waals surface area contributed by atoms with Gasteiger partial charge in [-0.1, -0.05) is 25.1 Å². The Morgan fingerprint density at radius 3 is 2.56 bits per heavy atom. The first kappa shape index (κ1) is 23.0. The first-order valence-corrected chi connectivity index (χ1v) is 12.6. The zero-order valence-electron chi connectivity index (χ0n) is 19.9. The molecule has 2 fully saturated rings. The lowest BCUT2D eigenvalue weighted by Gasteiger charge is -2.34. The van der Waals surface area contributed by atoms with Gasteiger partial charge in [-0.05, 0) is 88.4 Å². The van der Waals surface area contributed by atoms with E-state index in [2.05, 4.69) is 27.9 Å². The Labute approximate surface area is 199 Å². The fraction of sp³-hybridized carbons (Fsp3) is 0.600. The van der Waals surface area contributed by atoms with Crippen LogP contribution in [0.3, 0.4) is 0 Å². The van der Waals surface area contributed by atoms with Crippen LogP contribution in [0.5, 0.6) is 0 Å². The molecule has 0 spiro atoms. The van der Waals surface area contributed by atoms with E-state index >= 15 is 0 Å². The lowest BCUT2D eigenvalue weighted by atomic mass is 9.92. The van der Waals surface area contributed by atoms with Crippen LogP contribution in [0, 0.1) is 5.92 Å². The van der Waals surface area contributed by atoms with Crippen LogP contribution in [0.25, 0.3) is 16.9 Å². The summed E-state index contributed by atoms with van der Waals surface area (Å²) in [5.74, 6) is 1.52. The van der Waals surface area contributed by atoms with Crippen LogP contribution in [-0.2, 0) is 11.2 Å². The smallest absolute Gasteiger partial charge is 0.317 e. The minimum atomic E-state index is -0.724. The van der Waals surface area contributed by atoms with E-state index in [0.29, 0.717) is 17.8 Å². The maximum absolute atomic E-state index is 10.9. The van der Waals surface area contributed by atoms with Crippen molar-refractivity contribution in [3.05, 3.63) is 35.9 Å². The quantitative estimate of drug-likeness (QED) is 0.540. The van der Waals surface area contributed by atoms with Crippen LogP contribution in [0.4, 0.5) is 0 Å². The Balaban J connectivity index is 1.12. The second-order valence-electron chi connectivity index (χ2n) is 9.68. The van der Waals surface area contributed by atoms with Gasteiger partial charge in [0.05, 0.1) is 17.8 Å². The number of aryl methyl sites for hydroxylation is 1. The van der Waals surface area contributed by atoms with E-state index < -0.39 is 5.97 Å². The third-order valence-corrected chi connectivity index (χ3v) is 7.48. The van der Waals surface area contributed by atoms with Gasteiger partial charge in [-0.15, -0.1) is 0 Å². The highest BCUT2D eigenvalue weighted by molar-refractivity contribution is 5.83. The van der Waals surface area contributed by atoms with Gasteiger partial charge >= 0.3 is 5.97 Å². The molecule has 34 heavy (non-hydrogen) atoms. The zero-order chi connectivity index (χ0) is 23.5. The molecule has 0 atom stereocenters. The number of nitrogens with zero attached hydrogens (tertiary/aromatic N) is 6. The molecule has 182 valence electrons. The minimum absolute atomic E-state index is 0.175. The Morgan fingerprint density at radius 2 is 1.82 bits per heavy atom. The molecule has 9 nitrogen and oxygen atoms in total. The summed E-state index contributed by atoms with van der Waals surface area (Å²) in [6.45, 7) is 7.30. The van der Waals surface area contributed by atoms with E-state index in [1.807, 2.05) is 18.2 Å². The van der Waals surface area contributed by atoms with Crippen LogP contribution in [0.1, 0.15) is 56.5 Å². The molecule has 1 N–H and O–H groups in total. The molecule has 0 bridgehead atoms. The lowest BCUT2D eigenvalue weighted by Crippen LogP contribution is -2.39. The van der Waals surface area contributed by atoms with Crippen molar-refractivity contribution in [1.29, 1.82) is 0 Å². The largest absolute Gasteiger partial charge is 0.480 e. The van der Waals surface area contributed by atoms with Crippen molar-refractivity contribution < 1.29 is 14.4 Å². The number of carboxylic acid groups (broad SMARTS) is 1. The van der Waals surface area contributed by atoms with Crippen LogP contribution < -0.4 is 0 Å². The molecule has 0 radical (unpaired) electrons. The van der Waals surface area contributed by atoms with E-state index in [0.717, 1.165) is 87.3 Å². The third-order valence-electron chi connectivity index (χ3n) is 7.48. The number of hydrogen-bond acceptors (Lipinski definition) is 7. The zero-order valence-corrected chi connectivity index (χ0v) is 19.9. The number of piperidine rings is 2. The SMILES string of the molecule is CCc1nn(-c2noc(C3CCN(CCC4CCN(CC(=O)O)CC4)CC3)n2)c2ccccc12. The normalized spacial score (nSPS) is 19.2. The predicted octanol–water partition coefficient (Wildman–Crippen LogP) is 3.34. The second-order valence-corrected chi connectivity index (χ2v) is 9.68. The van der Waals surface area contributed by atoms with Crippen LogP contribution in [0.15, 0.2) is 28.8 Å². The van der Waals surface area contributed by atoms with Crippen molar-refractivity contribution in [2.75, 3.05) is 39.3 Å². The fourth-order valence-corrected chi connectivity index (χ4v) is 5.42. The number of fused-ring (bicyclic) bond motifs is 1. The Hall–Kier alpha value is -2.78. The first-order valence-electron chi connectivity index (χ1n) is 12.6. The van der Waals surface area contributed by atoms with Gasteiger partial charge in [0.1, 0.15) is 0 Å². The summed E-state index contributed by atoms with van der Waals surface area (Å²) >= 11 is 0. The van der Waals surface area contributed by atoms with Crippen LogP contribution in [0.2, 0.25) is 0 Å². The molecular formula is C25H34N6O3. The lowest BCUT2D eigenvalue weighted by molar-refractivity contribution is -0.138. The molecule has 4 heterocycles. The van der Waals surface area contributed by atoms with Gasteiger partial charge in [-0.3, -0.25) is 9.69 Å². The molecule has 1 aromatic carbocycles. The molecule has 2 aliphatic heterocycles. The molecule has 0 amide bonds. The van der Waals surface area contributed by atoms with Crippen molar-refractivity contribution >= 4 is 16.9 Å². The van der Waals surface area contributed by atoms with Gasteiger partial charge in [-0.2, -0.15) is 14.8 Å². The monoisotopic (exact) mass is 466 g/mol. The second kappa shape index (κ2) is 10.2. The highest BCUT2D eigenvalue weighted by Crippen LogP contribution is 2.29. The fourth-order valence-electron chi connectivity index (χ4n) is 5.42. The van der Waals surface area contributed by atoms with Gasteiger partial charge in [0.25, 0.3) is 5.95 Å². The number of carboxylic acids is 1. The third kappa shape index (κ3) is 5.00. The van der Waals surface area contributed by atoms with Gasteiger partial charge in [0.2, 0.25) is 5.89 Å². The van der Waals surface area contributed by atoms with E-state index in [9.17, 15) is 4.79 Å². The summed E-state index contributed by atoms with van der Waals surface area (Å²) in [5.41, 5.74) is 2.05. The summed E-state index contributed by atoms with van der Waals surface area (Å²) < 4.78 is 7.49. The number of hydrogen-bond donors (Lipinski definition) is 1. The molecule has 2 aliphatic rings. The molecule has 0 saturated carbocycles. The summed E-state index contributed by atoms with van der Waals surface area (Å²) in [5, 5.41) is 19.1. The minimum Gasteiger partial charge on any atom is -0.480 e. The van der Waals surface area contributed by atoms with Crippen molar-refractivity contribution in [3.8, 4) is 5.95 Å². The molecule has 0 unspecified atom stereocenters. The first-order chi connectivity index (χ1) is 16.6. The highest BCUT2D eigenvalue weighted by atomic mass is 16.5. The summed E-state index contributed by atoms with van der Waals surface area (Å²) in [7, 11) is 0. The summed E-state index contributed by atoms with van der Waals surface area (Å²) in [6.07, 6.45) is 6.32. The van der Waals surface area contributed by atoms with E-state index in [1.165, 1.54) is 6.42 Å². The van der Waals surface area contributed by atoms with E-state index in [4.69, 9.17) is 19.7 Å². The van der Waals surface area contributed by atoms with Crippen LogP contribution >= 0.6 is 0 Å². The average molecular weight is 467 g/mol. The van der Waals surface area contributed by atoms with Gasteiger partial charge < -0.3 is 14.5 Å². The predicted molar refractivity (Wildman–Crippen MR) is 128 cm³/mol. The Morgan fingerprint density at radius 1 is 1.09 bits per heavy atom. The number of carbonyl (C=O) groups is 1. The molecule has 9 heteroatoms. The maximum atomic E-state index is 10.9. The Bertz CT molecular complexity index is 1110. The number of benzene rings is 1. The van der Waals surface area contributed by atoms with Crippen LogP contribution in [-0.4, -0.2) is 80.1 Å². The maximum Gasteiger partial charge on any atom is 0.317 e. The molecule has 2 aromatic heterocycles. The number of para-hydroxylation sites is 1. The molecule has 3 aromatic rings. The van der Waals surface area contributed by atoms with Gasteiger partial charge in [0, 0.05) is 11.3 Å². The van der Waals surface area contributed by atoms with Gasteiger partial charge in [0.15, 0.2) is 0 Å². The molecule has 0 aliphatic carbocycles. The Kier molecular flexibility index (Phi) is 6.92. The number of rotatable bonds is 8. The van der Waals surface area contributed by atoms with E-state index in [-0.39, 0.29) is 6.54 Å². The topological polar surface area (TPSA) is 101 Å².